The van der Waals surface area contributed by atoms with E-state index in [4.69, 9.17) is 10.5 Å². The molecule has 0 fully saturated rings. The van der Waals surface area contributed by atoms with Crippen LogP contribution in [0.15, 0.2) is 61.8 Å². The Kier molecular flexibility index (Phi) is 4.81. The van der Waals surface area contributed by atoms with Crippen LogP contribution < -0.4 is 5.73 Å². The van der Waals surface area contributed by atoms with Crippen molar-refractivity contribution in [3.63, 3.8) is 0 Å². The second-order valence-corrected chi connectivity index (χ2v) is 3.43. The first kappa shape index (κ1) is 12.8. The SMILES string of the molecule is C=CC=CC(=C)C(=C)OCCn1cnc(N)c1. The highest BCUT2D eigenvalue weighted by molar-refractivity contribution is 5.32. The quantitative estimate of drug-likeness (QED) is 0.578. The lowest BCUT2D eigenvalue weighted by atomic mass is 10.2. The minimum absolute atomic E-state index is 0.496. The number of imidazole rings is 1. The maximum Gasteiger partial charge on any atom is 0.141 e. The van der Waals surface area contributed by atoms with Gasteiger partial charge in [-0.2, -0.15) is 0 Å². The summed E-state index contributed by atoms with van der Waals surface area (Å²) < 4.78 is 7.30. The number of anilines is 1. The van der Waals surface area contributed by atoms with Gasteiger partial charge < -0.3 is 15.0 Å². The van der Waals surface area contributed by atoms with Crippen molar-refractivity contribution in [2.45, 2.75) is 6.54 Å². The molecule has 17 heavy (non-hydrogen) atoms. The van der Waals surface area contributed by atoms with Gasteiger partial charge in [-0.3, -0.25) is 0 Å². The minimum Gasteiger partial charge on any atom is -0.492 e. The van der Waals surface area contributed by atoms with Gasteiger partial charge in [-0.25, -0.2) is 4.98 Å². The van der Waals surface area contributed by atoms with E-state index in [0.29, 0.717) is 24.7 Å². The number of allylic oxidation sites excluding steroid dienone is 3. The molecule has 0 aliphatic heterocycles. The molecular weight excluding hydrogens is 214 g/mol. The molecule has 0 spiro atoms. The third-order valence-corrected chi connectivity index (χ3v) is 2.07. The third-order valence-electron chi connectivity index (χ3n) is 2.07. The summed E-state index contributed by atoms with van der Waals surface area (Å²) >= 11 is 0. The molecule has 4 heteroatoms. The molecule has 0 atom stereocenters. The molecular formula is C13H17N3O. The zero-order valence-corrected chi connectivity index (χ0v) is 9.80. The first-order chi connectivity index (χ1) is 8.13. The van der Waals surface area contributed by atoms with Gasteiger partial charge in [-0.15, -0.1) is 0 Å². The fourth-order valence-electron chi connectivity index (χ4n) is 1.14. The Morgan fingerprint density at radius 3 is 2.88 bits per heavy atom. The predicted octanol–water partition coefficient (Wildman–Crippen LogP) is 2.29. The Balaban J connectivity index is 2.31. The molecule has 2 N–H and O–H groups in total. The van der Waals surface area contributed by atoms with Crippen LogP contribution in [0.2, 0.25) is 0 Å². The van der Waals surface area contributed by atoms with E-state index in [-0.39, 0.29) is 0 Å². The molecule has 0 amide bonds. The summed E-state index contributed by atoms with van der Waals surface area (Å²) in [5.41, 5.74) is 6.22. The van der Waals surface area contributed by atoms with Crippen molar-refractivity contribution in [1.29, 1.82) is 0 Å². The number of nitrogens with two attached hydrogens (primary N) is 1. The lowest BCUT2D eigenvalue weighted by Crippen LogP contribution is -2.04. The maximum absolute atomic E-state index is 5.49. The average molecular weight is 231 g/mol. The van der Waals surface area contributed by atoms with Crippen molar-refractivity contribution in [1.82, 2.24) is 9.55 Å². The fourth-order valence-corrected chi connectivity index (χ4v) is 1.14. The molecule has 0 radical (unpaired) electrons. The lowest BCUT2D eigenvalue weighted by molar-refractivity contribution is 0.210. The van der Waals surface area contributed by atoms with Crippen LogP contribution in [-0.2, 0) is 11.3 Å². The summed E-state index contributed by atoms with van der Waals surface area (Å²) in [7, 11) is 0. The van der Waals surface area contributed by atoms with Crippen molar-refractivity contribution >= 4 is 5.82 Å². The average Bonchev–Trinajstić information content (AvgIpc) is 2.71. The summed E-state index contributed by atoms with van der Waals surface area (Å²) in [6, 6.07) is 0. The van der Waals surface area contributed by atoms with E-state index in [0.717, 1.165) is 5.57 Å². The van der Waals surface area contributed by atoms with Crippen molar-refractivity contribution < 1.29 is 4.74 Å². The topological polar surface area (TPSA) is 53.1 Å². The molecule has 0 aromatic carbocycles. The molecule has 90 valence electrons. The molecule has 0 aliphatic rings. The Bertz CT molecular complexity index is 443. The van der Waals surface area contributed by atoms with Gasteiger partial charge in [0.2, 0.25) is 0 Å². The van der Waals surface area contributed by atoms with Gasteiger partial charge in [-0.1, -0.05) is 38.0 Å². The van der Waals surface area contributed by atoms with Crippen LogP contribution in [-0.4, -0.2) is 16.2 Å². The Morgan fingerprint density at radius 2 is 2.29 bits per heavy atom. The highest BCUT2D eigenvalue weighted by atomic mass is 16.5. The van der Waals surface area contributed by atoms with Crippen LogP contribution in [0.5, 0.6) is 0 Å². The molecule has 0 aliphatic carbocycles. The molecule has 1 aromatic rings. The van der Waals surface area contributed by atoms with E-state index >= 15 is 0 Å². The second kappa shape index (κ2) is 6.37. The van der Waals surface area contributed by atoms with Crippen LogP contribution in [0, 0.1) is 0 Å². The number of rotatable bonds is 7. The normalized spacial score (nSPS) is 10.4. The lowest BCUT2D eigenvalue weighted by Gasteiger charge is -2.09. The van der Waals surface area contributed by atoms with Gasteiger partial charge >= 0.3 is 0 Å². The first-order valence-corrected chi connectivity index (χ1v) is 5.21. The smallest absolute Gasteiger partial charge is 0.141 e. The Labute approximate surface area is 101 Å². The standard InChI is InChI=1S/C13H17N3O/c1-4-5-6-11(2)12(3)17-8-7-16-9-13(14)15-10-16/h4-6,9-10H,1-3,7-8,14H2. The minimum atomic E-state index is 0.496. The Morgan fingerprint density at radius 1 is 1.53 bits per heavy atom. The van der Waals surface area contributed by atoms with Crippen molar-refractivity contribution in [3.8, 4) is 0 Å². The van der Waals surface area contributed by atoms with Gasteiger partial charge in [-0.05, 0) is 0 Å². The van der Waals surface area contributed by atoms with Crippen LogP contribution in [0.4, 0.5) is 5.82 Å². The molecule has 0 saturated carbocycles. The molecule has 1 heterocycles. The number of nitrogens with zero attached hydrogens (tertiary/aromatic N) is 2. The maximum atomic E-state index is 5.49. The summed E-state index contributed by atoms with van der Waals surface area (Å²) in [5.74, 6) is 1.05. The van der Waals surface area contributed by atoms with E-state index in [1.165, 1.54) is 0 Å². The zero-order chi connectivity index (χ0) is 12.7. The fraction of sp³-hybridized carbons (Fsp3) is 0.154. The van der Waals surface area contributed by atoms with Gasteiger partial charge in [0.25, 0.3) is 0 Å². The second-order valence-electron chi connectivity index (χ2n) is 3.43. The third kappa shape index (κ3) is 4.42. The summed E-state index contributed by atoms with van der Waals surface area (Å²) in [4.78, 5) is 3.91. The number of nitrogen functional groups attached to an aromatic ring is 1. The van der Waals surface area contributed by atoms with Crippen LogP contribution in [0.3, 0.4) is 0 Å². The summed E-state index contributed by atoms with van der Waals surface area (Å²) in [5, 5.41) is 0. The van der Waals surface area contributed by atoms with E-state index in [1.807, 2.05) is 4.57 Å². The van der Waals surface area contributed by atoms with Crippen molar-refractivity contribution in [3.05, 3.63) is 61.8 Å². The predicted molar refractivity (Wildman–Crippen MR) is 70.2 cm³/mol. The number of aromatic nitrogens is 2. The monoisotopic (exact) mass is 231 g/mol. The molecule has 1 rings (SSSR count). The number of hydrogen-bond donors (Lipinski definition) is 1. The van der Waals surface area contributed by atoms with Gasteiger partial charge in [0.1, 0.15) is 18.2 Å². The number of ether oxygens (including phenoxy) is 1. The van der Waals surface area contributed by atoms with E-state index < -0.39 is 0 Å². The Hall–Kier alpha value is -2.23. The van der Waals surface area contributed by atoms with Crippen LogP contribution in [0.25, 0.3) is 0 Å². The molecule has 0 saturated heterocycles. The molecule has 0 unspecified atom stereocenters. The van der Waals surface area contributed by atoms with Crippen LogP contribution in [0.1, 0.15) is 0 Å². The van der Waals surface area contributed by atoms with Gasteiger partial charge in [0.15, 0.2) is 0 Å². The van der Waals surface area contributed by atoms with E-state index in [2.05, 4.69) is 24.7 Å². The summed E-state index contributed by atoms with van der Waals surface area (Å²) in [6.07, 6.45) is 8.66. The van der Waals surface area contributed by atoms with E-state index in [1.54, 1.807) is 30.8 Å². The highest BCUT2D eigenvalue weighted by Gasteiger charge is 1.98. The largest absolute Gasteiger partial charge is 0.492 e. The van der Waals surface area contributed by atoms with Gasteiger partial charge in [0.05, 0.1) is 12.9 Å². The van der Waals surface area contributed by atoms with Crippen LogP contribution >= 0.6 is 0 Å². The zero-order valence-electron chi connectivity index (χ0n) is 9.80. The first-order valence-electron chi connectivity index (χ1n) is 5.21. The van der Waals surface area contributed by atoms with Gasteiger partial charge in [0, 0.05) is 11.8 Å². The van der Waals surface area contributed by atoms with Crippen molar-refractivity contribution in [2.24, 2.45) is 0 Å². The molecule has 0 bridgehead atoms. The molecule has 1 aromatic heterocycles. The summed E-state index contributed by atoms with van der Waals surface area (Å²) in [6.45, 7) is 12.4. The number of hydrogen-bond acceptors (Lipinski definition) is 3. The van der Waals surface area contributed by atoms with Crippen molar-refractivity contribution in [2.75, 3.05) is 12.3 Å². The molecule has 4 nitrogen and oxygen atoms in total. The highest BCUT2D eigenvalue weighted by Crippen LogP contribution is 2.08. The van der Waals surface area contributed by atoms with E-state index in [9.17, 15) is 0 Å².